The van der Waals surface area contributed by atoms with Gasteiger partial charge in [-0.05, 0) is 38.9 Å². The molecule has 4 heteroatoms. The summed E-state index contributed by atoms with van der Waals surface area (Å²) in [4.78, 5) is 2.38. The van der Waals surface area contributed by atoms with Crippen molar-refractivity contribution in [1.82, 2.24) is 20.0 Å². The minimum atomic E-state index is 0.645. The normalized spacial score (nSPS) is 26.2. The molecule has 3 rings (SSSR count). The SMILES string of the molecule is CN1CCC(NCc2ccn(C3CCCC3)n2)C1. The highest BCUT2D eigenvalue weighted by molar-refractivity contribution is 5.00. The quantitative estimate of drug-likeness (QED) is 0.882. The van der Waals surface area contributed by atoms with Gasteiger partial charge in [-0.15, -0.1) is 0 Å². The summed E-state index contributed by atoms with van der Waals surface area (Å²) in [7, 11) is 2.19. The van der Waals surface area contributed by atoms with Gasteiger partial charge in [0, 0.05) is 25.3 Å². The van der Waals surface area contributed by atoms with Crippen LogP contribution in [0.3, 0.4) is 0 Å². The lowest BCUT2D eigenvalue weighted by atomic mass is 10.2. The number of nitrogens with zero attached hydrogens (tertiary/aromatic N) is 3. The molecule has 0 radical (unpaired) electrons. The molecule has 4 nitrogen and oxygen atoms in total. The zero-order valence-electron chi connectivity index (χ0n) is 11.3. The Morgan fingerprint density at radius 3 is 2.89 bits per heavy atom. The number of hydrogen-bond acceptors (Lipinski definition) is 3. The number of hydrogen-bond donors (Lipinski definition) is 1. The van der Waals surface area contributed by atoms with Crippen LogP contribution in [-0.2, 0) is 6.54 Å². The van der Waals surface area contributed by atoms with Crippen molar-refractivity contribution in [2.75, 3.05) is 20.1 Å². The first-order valence-corrected chi connectivity index (χ1v) is 7.27. The molecule has 1 aromatic rings. The maximum absolute atomic E-state index is 4.71. The Labute approximate surface area is 109 Å². The van der Waals surface area contributed by atoms with Gasteiger partial charge in [0.1, 0.15) is 0 Å². The number of aromatic nitrogens is 2. The molecule has 1 saturated carbocycles. The minimum absolute atomic E-state index is 0.645. The summed E-state index contributed by atoms with van der Waals surface area (Å²) < 4.78 is 2.19. The van der Waals surface area contributed by atoms with Crippen LogP contribution in [0.2, 0.25) is 0 Å². The molecular formula is C14H24N4. The van der Waals surface area contributed by atoms with E-state index in [9.17, 15) is 0 Å². The largest absolute Gasteiger partial charge is 0.307 e. The van der Waals surface area contributed by atoms with Crippen molar-refractivity contribution in [3.63, 3.8) is 0 Å². The van der Waals surface area contributed by atoms with Gasteiger partial charge in [0.05, 0.1) is 11.7 Å². The zero-order chi connectivity index (χ0) is 12.4. The molecule has 1 aliphatic heterocycles. The van der Waals surface area contributed by atoms with E-state index >= 15 is 0 Å². The molecule has 1 N–H and O–H groups in total. The molecule has 1 atom stereocenters. The number of rotatable bonds is 4. The van der Waals surface area contributed by atoms with E-state index in [1.165, 1.54) is 50.9 Å². The monoisotopic (exact) mass is 248 g/mol. The van der Waals surface area contributed by atoms with E-state index in [4.69, 9.17) is 5.10 Å². The van der Waals surface area contributed by atoms with Crippen molar-refractivity contribution >= 4 is 0 Å². The number of likely N-dealkylation sites (N-methyl/N-ethyl adjacent to an activating group) is 1. The molecule has 2 heterocycles. The Kier molecular flexibility index (Phi) is 3.66. The molecule has 1 saturated heterocycles. The van der Waals surface area contributed by atoms with Gasteiger partial charge >= 0.3 is 0 Å². The zero-order valence-corrected chi connectivity index (χ0v) is 11.3. The van der Waals surface area contributed by atoms with Crippen LogP contribution in [0.15, 0.2) is 12.3 Å². The van der Waals surface area contributed by atoms with Crippen molar-refractivity contribution in [1.29, 1.82) is 0 Å². The van der Waals surface area contributed by atoms with Crippen LogP contribution in [0.1, 0.15) is 43.8 Å². The second kappa shape index (κ2) is 5.41. The molecule has 1 unspecified atom stereocenters. The summed E-state index contributed by atoms with van der Waals surface area (Å²) in [5.74, 6) is 0. The molecule has 0 amide bonds. The highest BCUT2D eigenvalue weighted by atomic mass is 15.3. The highest BCUT2D eigenvalue weighted by Gasteiger charge is 2.20. The van der Waals surface area contributed by atoms with Crippen molar-refractivity contribution in [3.8, 4) is 0 Å². The van der Waals surface area contributed by atoms with Crippen LogP contribution in [0, 0.1) is 0 Å². The van der Waals surface area contributed by atoms with Crippen molar-refractivity contribution < 1.29 is 0 Å². The minimum Gasteiger partial charge on any atom is -0.307 e. The van der Waals surface area contributed by atoms with Crippen molar-refractivity contribution in [2.45, 2.75) is 50.7 Å². The maximum Gasteiger partial charge on any atom is 0.0762 e. The van der Waals surface area contributed by atoms with Gasteiger partial charge in [-0.2, -0.15) is 5.10 Å². The maximum atomic E-state index is 4.71. The number of likely N-dealkylation sites (tertiary alicyclic amines) is 1. The average Bonchev–Trinajstić information content (AvgIpc) is 3.07. The van der Waals surface area contributed by atoms with Gasteiger partial charge in [0.15, 0.2) is 0 Å². The van der Waals surface area contributed by atoms with E-state index in [2.05, 4.69) is 34.2 Å². The van der Waals surface area contributed by atoms with Gasteiger partial charge in [-0.3, -0.25) is 4.68 Å². The topological polar surface area (TPSA) is 33.1 Å². The summed E-state index contributed by atoms with van der Waals surface area (Å²) in [6.45, 7) is 3.30. The Hall–Kier alpha value is -0.870. The summed E-state index contributed by atoms with van der Waals surface area (Å²) in [5, 5.41) is 8.33. The smallest absolute Gasteiger partial charge is 0.0762 e. The summed E-state index contributed by atoms with van der Waals surface area (Å²) >= 11 is 0. The Morgan fingerprint density at radius 2 is 2.17 bits per heavy atom. The molecule has 0 spiro atoms. The van der Waals surface area contributed by atoms with Gasteiger partial charge in [0.25, 0.3) is 0 Å². The van der Waals surface area contributed by atoms with Crippen LogP contribution in [-0.4, -0.2) is 40.9 Å². The van der Waals surface area contributed by atoms with Crippen LogP contribution in [0.5, 0.6) is 0 Å². The van der Waals surface area contributed by atoms with Gasteiger partial charge < -0.3 is 10.2 Å². The first kappa shape index (κ1) is 12.2. The lowest BCUT2D eigenvalue weighted by Gasteiger charge is -2.12. The van der Waals surface area contributed by atoms with E-state index < -0.39 is 0 Å². The molecular weight excluding hydrogens is 224 g/mol. The lowest BCUT2D eigenvalue weighted by molar-refractivity contribution is 0.396. The van der Waals surface area contributed by atoms with Gasteiger partial charge in [0.2, 0.25) is 0 Å². The molecule has 0 aromatic carbocycles. The molecule has 2 aliphatic rings. The number of nitrogens with one attached hydrogen (secondary N) is 1. The molecule has 1 aliphatic carbocycles. The van der Waals surface area contributed by atoms with E-state index in [-0.39, 0.29) is 0 Å². The molecule has 1 aromatic heterocycles. The second-order valence-corrected chi connectivity index (χ2v) is 5.85. The van der Waals surface area contributed by atoms with Crippen LogP contribution >= 0.6 is 0 Å². The fourth-order valence-electron chi connectivity index (χ4n) is 3.19. The van der Waals surface area contributed by atoms with E-state index in [1.54, 1.807) is 0 Å². The van der Waals surface area contributed by atoms with Gasteiger partial charge in [-0.1, -0.05) is 12.8 Å². The van der Waals surface area contributed by atoms with Crippen LogP contribution in [0.4, 0.5) is 0 Å². The fraction of sp³-hybridized carbons (Fsp3) is 0.786. The van der Waals surface area contributed by atoms with E-state index in [0.717, 1.165) is 6.54 Å². The molecule has 18 heavy (non-hydrogen) atoms. The fourth-order valence-corrected chi connectivity index (χ4v) is 3.19. The van der Waals surface area contributed by atoms with Crippen molar-refractivity contribution in [3.05, 3.63) is 18.0 Å². The van der Waals surface area contributed by atoms with Crippen molar-refractivity contribution in [2.24, 2.45) is 0 Å². The Morgan fingerprint density at radius 1 is 1.33 bits per heavy atom. The molecule has 2 fully saturated rings. The second-order valence-electron chi connectivity index (χ2n) is 5.85. The third kappa shape index (κ3) is 2.75. The predicted molar refractivity (Wildman–Crippen MR) is 72.5 cm³/mol. The summed E-state index contributed by atoms with van der Waals surface area (Å²) in [5.41, 5.74) is 1.19. The first-order valence-electron chi connectivity index (χ1n) is 7.27. The van der Waals surface area contributed by atoms with Crippen LogP contribution < -0.4 is 5.32 Å². The first-order chi connectivity index (χ1) is 8.81. The highest BCUT2D eigenvalue weighted by Crippen LogP contribution is 2.28. The Balaban J connectivity index is 1.50. The van der Waals surface area contributed by atoms with Crippen LogP contribution in [0.25, 0.3) is 0 Å². The van der Waals surface area contributed by atoms with E-state index in [0.29, 0.717) is 12.1 Å². The summed E-state index contributed by atoms with van der Waals surface area (Å²) in [6.07, 6.45) is 8.77. The molecule has 0 bridgehead atoms. The summed E-state index contributed by atoms with van der Waals surface area (Å²) in [6, 6.07) is 3.48. The average molecular weight is 248 g/mol. The third-order valence-corrected chi connectivity index (χ3v) is 4.33. The van der Waals surface area contributed by atoms with E-state index in [1.807, 2.05) is 0 Å². The Bertz CT molecular complexity index is 381. The lowest BCUT2D eigenvalue weighted by Crippen LogP contribution is -2.31. The molecule has 100 valence electrons. The van der Waals surface area contributed by atoms with Gasteiger partial charge in [-0.25, -0.2) is 0 Å². The predicted octanol–water partition coefficient (Wildman–Crippen LogP) is 1.79. The third-order valence-electron chi connectivity index (χ3n) is 4.33. The standard InChI is InChI=1S/C14H24N4/c1-17-8-6-13(11-17)15-10-12-7-9-18(16-12)14-4-2-3-5-14/h7,9,13-15H,2-6,8,10-11H2,1H3.